The van der Waals surface area contributed by atoms with Gasteiger partial charge in [0.05, 0.1) is 12.1 Å². The van der Waals surface area contributed by atoms with Gasteiger partial charge < -0.3 is 10.0 Å². The number of benzene rings is 2. The van der Waals surface area contributed by atoms with Crippen molar-refractivity contribution in [3.63, 3.8) is 0 Å². The van der Waals surface area contributed by atoms with Gasteiger partial charge in [-0.1, -0.05) is 30.3 Å². The van der Waals surface area contributed by atoms with E-state index in [2.05, 4.69) is 23.1 Å². The first kappa shape index (κ1) is 17.0. The number of pyridine rings is 1. The molecule has 0 saturated carbocycles. The van der Waals surface area contributed by atoms with Crippen LogP contribution in [0.2, 0.25) is 0 Å². The van der Waals surface area contributed by atoms with Crippen LogP contribution in [-0.4, -0.2) is 29.8 Å². The first-order valence-electron chi connectivity index (χ1n) is 9.14. The number of rotatable bonds is 4. The van der Waals surface area contributed by atoms with E-state index in [1.165, 1.54) is 12.1 Å². The molecule has 1 saturated heterocycles. The molecule has 4 rings (SSSR count). The zero-order chi connectivity index (χ0) is 18.0. The minimum Gasteiger partial charge on any atom is -0.396 e. The van der Waals surface area contributed by atoms with Crippen molar-refractivity contribution in [1.82, 2.24) is 4.98 Å². The molecule has 0 unspecified atom stereocenters. The van der Waals surface area contributed by atoms with Crippen molar-refractivity contribution in [2.24, 2.45) is 5.41 Å². The number of hydrogen-bond donors (Lipinski definition) is 1. The second-order valence-electron chi connectivity index (χ2n) is 7.35. The van der Waals surface area contributed by atoms with Gasteiger partial charge in [-0.25, -0.2) is 9.37 Å². The van der Waals surface area contributed by atoms with Gasteiger partial charge in [-0.2, -0.15) is 0 Å². The van der Waals surface area contributed by atoms with Crippen LogP contribution in [0, 0.1) is 11.2 Å². The Hall–Kier alpha value is -2.46. The van der Waals surface area contributed by atoms with Crippen molar-refractivity contribution < 1.29 is 9.50 Å². The van der Waals surface area contributed by atoms with Gasteiger partial charge in [0.25, 0.3) is 0 Å². The van der Waals surface area contributed by atoms with E-state index in [4.69, 9.17) is 4.98 Å². The van der Waals surface area contributed by atoms with E-state index in [-0.39, 0.29) is 17.8 Å². The number of halogens is 1. The van der Waals surface area contributed by atoms with Gasteiger partial charge in [-0.3, -0.25) is 0 Å². The quantitative estimate of drug-likeness (QED) is 0.766. The van der Waals surface area contributed by atoms with Crippen molar-refractivity contribution in [2.45, 2.75) is 19.3 Å². The normalized spacial score (nSPS) is 20.5. The molecule has 0 spiro atoms. The first-order valence-corrected chi connectivity index (χ1v) is 9.14. The predicted octanol–water partition coefficient (Wildman–Crippen LogP) is 4.20. The summed E-state index contributed by atoms with van der Waals surface area (Å²) in [7, 11) is 0. The molecule has 4 heteroatoms. The first-order chi connectivity index (χ1) is 12.7. The number of nitrogens with zero attached hydrogens (tertiary/aromatic N) is 2. The van der Waals surface area contributed by atoms with Gasteiger partial charge in [0.2, 0.25) is 0 Å². The number of para-hydroxylation sites is 1. The Balaban J connectivity index is 1.58. The molecule has 1 aliphatic rings. The molecule has 0 radical (unpaired) electrons. The van der Waals surface area contributed by atoms with Gasteiger partial charge in [0, 0.05) is 23.9 Å². The van der Waals surface area contributed by atoms with Gasteiger partial charge >= 0.3 is 0 Å². The van der Waals surface area contributed by atoms with Crippen LogP contribution in [0.1, 0.15) is 18.4 Å². The van der Waals surface area contributed by atoms with Crippen LogP contribution in [0.15, 0.2) is 60.7 Å². The Morgan fingerprint density at radius 2 is 1.85 bits per heavy atom. The average molecular weight is 350 g/mol. The Morgan fingerprint density at radius 3 is 2.65 bits per heavy atom. The maximum Gasteiger partial charge on any atom is 0.129 e. The number of aliphatic hydroxyl groups is 1. The molecule has 1 N–H and O–H groups in total. The lowest BCUT2D eigenvalue weighted by Crippen LogP contribution is -2.47. The summed E-state index contributed by atoms with van der Waals surface area (Å²) in [5.41, 5.74) is 1.83. The molecule has 26 heavy (non-hydrogen) atoms. The third kappa shape index (κ3) is 3.42. The Morgan fingerprint density at radius 1 is 1.04 bits per heavy atom. The fourth-order valence-electron chi connectivity index (χ4n) is 4.00. The number of fused-ring (bicyclic) bond motifs is 1. The van der Waals surface area contributed by atoms with Crippen LogP contribution < -0.4 is 4.90 Å². The molecule has 0 aliphatic carbocycles. The molecule has 2 heterocycles. The third-order valence-corrected chi connectivity index (χ3v) is 5.40. The zero-order valence-corrected chi connectivity index (χ0v) is 14.7. The molecular formula is C22H23FN2O. The molecule has 3 nitrogen and oxygen atoms in total. The second kappa shape index (κ2) is 7.04. The minimum absolute atomic E-state index is 0.120. The Bertz CT molecular complexity index is 896. The fourth-order valence-corrected chi connectivity index (χ4v) is 4.00. The lowest BCUT2D eigenvalue weighted by atomic mass is 9.75. The van der Waals surface area contributed by atoms with Crippen molar-refractivity contribution in [3.8, 4) is 0 Å². The third-order valence-electron chi connectivity index (χ3n) is 5.40. The van der Waals surface area contributed by atoms with Crippen molar-refractivity contribution in [1.29, 1.82) is 0 Å². The standard InChI is InChI=1S/C22H23FN2O/c23-19-9-6-17(7-10-19)14-22(16-26)12-3-13-25(15-22)21-11-8-18-4-1-2-5-20(18)24-21/h1-2,4-11,26H,3,12-16H2/t22-/m1/s1. The average Bonchev–Trinajstić information content (AvgIpc) is 2.69. The lowest BCUT2D eigenvalue weighted by molar-refractivity contribution is 0.105. The molecule has 3 aromatic rings. The van der Waals surface area contributed by atoms with Gasteiger partial charge in [0.1, 0.15) is 11.6 Å². The molecule has 1 aromatic heterocycles. The molecule has 0 bridgehead atoms. The smallest absolute Gasteiger partial charge is 0.129 e. The van der Waals surface area contributed by atoms with Gasteiger partial charge in [-0.15, -0.1) is 0 Å². The van der Waals surface area contributed by atoms with Crippen LogP contribution in [0.4, 0.5) is 10.2 Å². The molecule has 1 fully saturated rings. The summed E-state index contributed by atoms with van der Waals surface area (Å²) in [5.74, 6) is 0.734. The molecule has 2 aromatic carbocycles. The summed E-state index contributed by atoms with van der Waals surface area (Å²) in [6, 6.07) is 18.9. The summed E-state index contributed by atoms with van der Waals surface area (Å²) >= 11 is 0. The number of anilines is 1. The van der Waals surface area contributed by atoms with E-state index in [0.29, 0.717) is 0 Å². The SMILES string of the molecule is OC[C@@]1(Cc2ccc(F)cc2)CCCN(c2ccc3ccccc3n2)C1. The van der Waals surface area contributed by atoms with Crippen LogP contribution in [0.5, 0.6) is 0 Å². The molecule has 0 amide bonds. The molecule has 1 atom stereocenters. The van der Waals surface area contributed by atoms with Crippen molar-refractivity contribution >= 4 is 16.7 Å². The minimum atomic E-state index is -0.225. The number of aromatic nitrogens is 1. The highest BCUT2D eigenvalue weighted by Gasteiger charge is 2.35. The fraction of sp³-hybridized carbons (Fsp3) is 0.318. The molecule has 134 valence electrons. The predicted molar refractivity (Wildman–Crippen MR) is 103 cm³/mol. The van der Waals surface area contributed by atoms with Crippen molar-refractivity contribution in [3.05, 3.63) is 72.0 Å². The van der Waals surface area contributed by atoms with Crippen LogP contribution >= 0.6 is 0 Å². The zero-order valence-electron chi connectivity index (χ0n) is 14.7. The van der Waals surface area contributed by atoms with Crippen LogP contribution in [0.3, 0.4) is 0 Å². The van der Waals surface area contributed by atoms with E-state index in [1.54, 1.807) is 0 Å². The highest BCUT2D eigenvalue weighted by molar-refractivity contribution is 5.80. The van der Waals surface area contributed by atoms with E-state index in [0.717, 1.165) is 54.6 Å². The highest BCUT2D eigenvalue weighted by atomic mass is 19.1. The summed E-state index contributed by atoms with van der Waals surface area (Å²) in [6.45, 7) is 1.82. The van der Waals surface area contributed by atoms with Crippen LogP contribution in [0.25, 0.3) is 10.9 Å². The summed E-state index contributed by atoms with van der Waals surface area (Å²) in [6.07, 6.45) is 2.72. The van der Waals surface area contributed by atoms with Crippen molar-refractivity contribution in [2.75, 3.05) is 24.6 Å². The van der Waals surface area contributed by atoms with Crippen LogP contribution in [-0.2, 0) is 6.42 Å². The Kier molecular flexibility index (Phi) is 4.60. The summed E-state index contributed by atoms with van der Waals surface area (Å²) in [4.78, 5) is 7.09. The van der Waals surface area contributed by atoms with E-state index >= 15 is 0 Å². The van der Waals surface area contributed by atoms with Gasteiger partial charge in [0.15, 0.2) is 0 Å². The second-order valence-corrected chi connectivity index (χ2v) is 7.35. The topological polar surface area (TPSA) is 36.4 Å². The monoisotopic (exact) mass is 350 g/mol. The maximum atomic E-state index is 13.2. The lowest BCUT2D eigenvalue weighted by Gasteiger charge is -2.42. The number of aliphatic hydroxyl groups excluding tert-OH is 1. The van der Waals surface area contributed by atoms with E-state index in [1.807, 2.05) is 30.3 Å². The molecule has 1 aliphatic heterocycles. The van der Waals surface area contributed by atoms with E-state index in [9.17, 15) is 9.50 Å². The highest BCUT2D eigenvalue weighted by Crippen LogP contribution is 2.35. The van der Waals surface area contributed by atoms with E-state index < -0.39 is 0 Å². The van der Waals surface area contributed by atoms with Gasteiger partial charge in [-0.05, 0) is 55.2 Å². The largest absolute Gasteiger partial charge is 0.396 e. The summed E-state index contributed by atoms with van der Waals surface area (Å²) < 4.78 is 13.2. The Labute approximate surface area is 153 Å². The maximum absolute atomic E-state index is 13.2. The number of hydrogen-bond acceptors (Lipinski definition) is 3. The summed E-state index contributed by atoms with van der Waals surface area (Å²) in [5, 5.41) is 11.3. The molecular weight excluding hydrogens is 327 g/mol. The number of piperidine rings is 1.